The zero-order valence-electron chi connectivity index (χ0n) is 16.7. The van der Waals surface area contributed by atoms with Gasteiger partial charge in [-0.2, -0.15) is 0 Å². The van der Waals surface area contributed by atoms with Gasteiger partial charge >= 0.3 is 0 Å². The van der Waals surface area contributed by atoms with Crippen LogP contribution in [0.1, 0.15) is 52.9 Å². The number of nitrogens with one attached hydrogen (secondary N) is 2. The summed E-state index contributed by atoms with van der Waals surface area (Å²) in [5.74, 6) is 0.838. The van der Waals surface area contributed by atoms with E-state index in [2.05, 4.69) is 39.7 Å². The molecule has 1 amide bonds. The molecule has 0 spiro atoms. The van der Waals surface area contributed by atoms with E-state index < -0.39 is 0 Å². The molecule has 2 aromatic heterocycles. The van der Waals surface area contributed by atoms with Gasteiger partial charge < -0.3 is 10.6 Å². The van der Waals surface area contributed by atoms with E-state index in [0.29, 0.717) is 18.7 Å². The highest BCUT2D eigenvalue weighted by Gasteiger charge is 2.09. The Morgan fingerprint density at radius 1 is 1.17 bits per heavy atom. The van der Waals surface area contributed by atoms with Gasteiger partial charge in [-0.25, -0.2) is 9.97 Å². The number of hydrogen-bond acceptors (Lipinski definition) is 5. The van der Waals surface area contributed by atoms with Gasteiger partial charge in [-0.1, -0.05) is 23.8 Å². The monoisotopic (exact) mass is 406 g/mol. The molecule has 1 aliphatic rings. The second kappa shape index (κ2) is 9.18. The lowest BCUT2D eigenvalue weighted by atomic mass is 9.97. The first kappa shape index (κ1) is 19.6. The fourth-order valence-corrected chi connectivity index (χ4v) is 4.49. The molecule has 2 heterocycles. The van der Waals surface area contributed by atoms with Crippen molar-refractivity contribution in [3.05, 3.63) is 64.3 Å². The Labute approximate surface area is 175 Å². The average Bonchev–Trinajstić information content (AvgIpc) is 3.14. The van der Waals surface area contributed by atoms with E-state index in [1.807, 2.05) is 24.3 Å². The lowest BCUT2D eigenvalue weighted by Crippen LogP contribution is -2.24. The Bertz CT molecular complexity index is 1020. The SMILES string of the molecule is Cc1cc2c(NCc3ccc(C(=O)NCCC4=CCCCC4)cc3)ncnc2s1. The minimum atomic E-state index is -0.00724. The number of hydrogen-bond donors (Lipinski definition) is 2. The maximum Gasteiger partial charge on any atom is 0.251 e. The van der Waals surface area contributed by atoms with Crippen molar-refractivity contribution in [3.63, 3.8) is 0 Å². The fourth-order valence-electron chi connectivity index (χ4n) is 3.65. The number of rotatable bonds is 7. The van der Waals surface area contributed by atoms with Crippen LogP contribution in [0, 0.1) is 6.92 Å². The van der Waals surface area contributed by atoms with Gasteiger partial charge in [0.15, 0.2) is 0 Å². The molecule has 0 fully saturated rings. The first-order valence-corrected chi connectivity index (χ1v) is 11.0. The number of amides is 1. The highest BCUT2D eigenvalue weighted by Crippen LogP contribution is 2.27. The minimum absolute atomic E-state index is 0.00724. The van der Waals surface area contributed by atoms with Gasteiger partial charge in [-0.15, -0.1) is 11.3 Å². The van der Waals surface area contributed by atoms with Crippen molar-refractivity contribution in [2.24, 2.45) is 0 Å². The summed E-state index contributed by atoms with van der Waals surface area (Å²) in [5.41, 5.74) is 3.29. The summed E-state index contributed by atoms with van der Waals surface area (Å²) in [6.07, 6.45) is 9.83. The van der Waals surface area contributed by atoms with Crippen LogP contribution in [0.2, 0.25) is 0 Å². The molecular weight excluding hydrogens is 380 g/mol. The number of carbonyl (C=O) groups excluding carboxylic acids is 1. The molecule has 1 aliphatic carbocycles. The van der Waals surface area contributed by atoms with Crippen LogP contribution in [-0.2, 0) is 6.54 Å². The van der Waals surface area contributed by atoms with Crippen molar-refractivity contribution in [1.82, 2.24) is 15.3 Å². The van der Waals surface area contributed by atoms with Crippen LogP contribution in [-0.4, -0.2) is 22.4 Å². The molecular formula is C23H26N4OS. The Morgan fingerprint density at radius 2 is 2.03 bits per heavy atom. The minimum Gasteiger partial charge on any atom is -0.365 e. The van der Waals surface area contributed by atoms with Crippen molar-refractivity contribution in [2.45, 2.75) is 45.6 Å². The second-order valence-corrected chi connectivity index (χ2v) is 8.70. The number of benzene rings is 1. The highest BCUT2D eigenvalue weighted by molar-refractivity contribution is 7.18. The van der Waals surface area contributed by atoms with Crippen molar-refractivity contribution in [2.75, 3.05) is 11.9 Å². The summed E-state index contributed by atoms with van der Waals surface area (Å²) in [4.78, 5) is 23.3. The van der Waals surface area contributed by atoms with Gasteiger partial charge in [-0.3, -0.25) is 4.79 Å². The average molecular weight is 407 g/mol. The lowest BCUT2D eigenvalue weighted by Gasteiger charge is -2.13. The maximum absolute atomic E-state index is 12.4. The van der Waals surface area contributed by atoms with E-state index in [4.69, 9.17) is 0 Å². The summed E-state index contributed by atoms with van der Waals surface area (Å²) in [6, 6.07) is 9.86. The molecule has 0 radical (unpaired) electrons. The third-order valence-corrected chi connectivity index (χ3v) is 6.20. The largest absolute Gasteiger partial charge is 0.365 e. The van der Waals surface area contributed by atoms with E-state index in [0.717, 1.165) is 28.0 Å². The van der Waals surface area contributed by atoms with E-state index in [-0.39, 0.29) is 5.91 Å². The molecule has 5 nitrogen and oxygen atoms in total. The maximum atomic E-state index is 12.4. The highest BCUT2D eigenvalue weighted by atomic mass is 32.1. The molecule has 0 aliphatic heterocycles. The summed E-state index contributed by atoms with van der Waals surface area (Å²) in [5, 5.41) is 7.47. The first-order valence-electron chi connectivity index (χ1n) is 10.2. The van der Waals surface area contributed by atoms with Gasteiger partial charge in [-0.05, 0) is 62.8 Å². The number of anilines is 1. The quantitative estimate of drug-likeness (QED) is 0.527. The van der Waals surface area contributed by atoms with Crippen LogP contribution in [0.5, 0.6) is 0 Å². The normalized spacial score (nSPS) is 13.9. The topological polar surface area (TPSA) is 66.9 Å². The number of aryl methyl sites for hydroxylation is 1. The zero-order valence-corrected chi connectivity index (χ0v) is 17.5. The van der Waals surface area contributed by atoms with Crippen molar-refractivity contribution in [3.8, 4) is 0 Å². The molecule has 0 saturated heterocycles. The fraction of sp³-hybridized carbons (Fsp3) is 0.348. The van der Waals surface area contributed by atoms with Crippen LogP contribution in [0.3, 0.4) is 0 Å². The number of aromatic nitrogens is 2. The third-order valence-electron chi connectivity index (χ3n) is 5.25. The summed E-state index contributed by atoms with van der Waals surface area (Å²) < 4.78 is 0. The van der Waals surface area contributed by atoms with E-state index >= 15 is 0 Å². The van der Waals surface area contributed by atoms with Gasteiger partial charge in [0.2, 0.25) is 0 Å². The summed E-state index contributed by atoms with van der Waals surface area (Å²) in [7, 11) is 0. The number of thiophene rings is 1. The Balaban J connectivity index is 1.30. The van der Waals surface area contributed by atoms with Crippen LogP contribution in [0.4, 0.5) is 5.82 Å². The van der Waals surface area contributed by atoms with Gasteiger partial charge in [0.1, 0.15) is 17.0 Å². The molecule has 0 saturated carbocycles. The molecule has 0 unspecified atom stereocenters. The van der Waals surface area contributed by atoms with E-state index in [9.17, 15) is 4.79 Å². The molecule has 6 heteroatoms. The Kier molecular flexibility index (Phi) is 6.20. The Hall–Kier alpha value is -2.73. The molecule has 0 atom stereocenters. The number of allylic oxidation sites excluding steroid dienone is 1. The molecule has 0 bridgehead atoms. The van der Waals surface area contributed by atoms with Gasteiger partial charge in [0, 0.05) is 23.5 Å². The van der Waals surface area contributed by atoms with E-state index in [1.54, 1.807) is 17.7 Å². The predicted octanol–water partition coefficient (Wildman–Crippen LogP) is 5.23. The van der Waals surface area contributed by atoms with E-state index in [1.165, 1.54) is 36.1 Å². The first-order chi connectivity index (χ1) is 14.2. The van der Waals surface area contributed by atoms with Crippen LogP contribution in [0.15, 0.2) is 48.3 Å². The number of nitrogens with zero attached hydrogens (tertiary/aromatic N) is 2. The van der Waals surface area contributed by atoms with Crippen LogP contribution in [0.25, 0.3) is 10.2 Å². The van der Waals surface area contributed by atoms with Crippen LogP contribution >= 0.6 is 11.3 Å². The molecule has 29 heavy (non-hydrogen) atoms. The van der Waals surface area contributed by atoms with Gasteiger partial charge in [0.25, 0.3) is 5.91 Å². The Morgan fingerprint density at radius 3 is 2.83 bits per heavy atom. The lowest BCUT2D eigenvalue weighted by molar-refractivity contribution is 0.0954. The number of carbonyl (C=O) groups is 1. The second-order valence-electron chi connectivity index (χ2n) is 7.46. The molecule has 2 N–H and O–H groups in total. The zero-order chi connectivity index (χ0) is 20.1. The summed E-state index contributed by atoms with van der Waals surface area (Å²) >= 11 is 1.67. The van der Waals surface area contributed by atoms with Crippen molar-refractivity contribution < 1.29 is 4.79 Å². The number of fused-ring (bicyclic) bond motifs is 1. The van der Waals surface area contributed by atoms with Gasteiger partial charge in [0.05, 0.1) is 5.39 Å². The molecule has 150 valence electrons. The summed E-state index contributed by atoms with van der Waals surface area (Å²) in [6.45, 7) is 3.43. The van der Waals surface area contributed by atoms with Crippen molar-refractivity contribution in [1.29, 1.82) is 0 Å². The standard InChI is InChI=1S/C23H26N4OS/c1-16-13-20-21(26-15-27-23(20)29-16)25-14-18-7-9-19(10-8-18)22(28)24-12-11-17-5-3-2-4-6-17/h5,7-10,13,15H,2-4,6,11-12,14H2,1H3,(H,24,28)(H,25,26,27). The molecule has 1 aromatic carbocycles. The smallest absolute Gasteiger partial charge is 0.251 e. The molecule has 3 aromatic rings. The van der Waals surface area contributed by atoms with Crippen molar-refractivity contribution >= 4 is 33.3 Å². The predicted molar refractivity (Wildman–Crippen MR) is 119 cm³/mol. The third kappa shape index (κ3) is 5.01. The molecule has 4 rings (SSSR count). The van der Waals surface area contributed by atoms with Crippen LogP contribution < -0.4 is 10.6 Å².